The summed E-state index contributed by atoms with van der Waals surface area (Å²) in [6.07, 6.45) is 5.78. The van der Waals surface area contributed by atoms with Gasteiger partial charge in [0.25, 0.3) is 5.56 Å². The Morgan fingerprint density at radius 3 is 2.48 bits per heavy atom. The number of pyridine rings is 1. The molecule has 2 aliphatic rings. The summed E-state index contributed by atoms with van der Waals surface area (Å²) in [5.41, 5.74) is 4.34. The van der Waals surface area contributed by atoms with E-state index in [0.29, 0.717) is 44.5 Å². The maximum atomic E-state index is 13.4. The summed E-state index contributed by atoms with van der Waals surface area (Å²) in [6.45, 7) is 9.06. The van der Waals surface area contributed by atoms with Gasteiger partial charge in [0.05, 0.1) is 12.0 Å². The fourth-order valence-electron chi connectivity index (χ4n) is 5.95. The number of hydrogen-bond acceptors (Lipinski definition) is 5. The normalized spacial score (nSPS) is 16.3. The summed E-state index contributed by atoms with van der Waals surface area (Å²) >= 11 is 0. The predicted molar refractivity (Wildman–Crippen MR) is 153 cm³/mol. The highest BCUT2D eigenvalue weighted by Crippen LogP contribution is 2.24. The number of aryl methyl sites for hydroxylation is 1. The largest absolute Gasteiger partial charge is 0.341 e. The first-order valence-electron chi connectivity index (χ1n) is 14.1. The zero-order valence-electron chi connectivity index (χ0n) is 23.7. The van der Waals surface area contributed by atoms with Crippen molar-refractivity contribution >= 4 is 11.8 Å². The molecule has 2 aliphatic heterocycles. The molecule has 4 heterocycles. The summed E-state index contributed by atoms with van der Waals surface area (Å²) < 4.78 is 2.60. The van der Waals surface area contributed by atoms with Crippen LogP contribution in [0, 0.1) is 13.8 Å². The number of hydrogen-bond donors (Lipinski definition) is 0. The molecule has 1 saturated heterocycles. The molecule has 9 heteroatoms. The second-order valence-corrected chi connectivity index (χ2v) is 11.2. The van der Waals surface area contributed by atoms with Gasteiger partial charge in [-0.2, -0.15) is 0 Å². The minimum atomic E-state index is -0.486. The monoisotopic (exact) mass is 543 g/mol. The van der Waals surface area contributed by atoms with Gasteiger partial charge in [-0.3, -0.25) is 28.5 Å². The van der Waals surface area contributed by atoms with Crippen LogP contribution in [0.15, 0.2) is 52.3 Å². The Labute approximate surface area is 234 Å². The standard InChI is InChI=1S/C31H37N5O4/c1-20(2)36-30(39)26(25-9-5-7-21(3)22(25)4)18-34(31(36)40)19-29(38)33-14-10-24(11-15-33)35-16-12-27-23(17-28(35)37)8-6-13-32-27/h5-9,13,18,20,24H,10-12,14-17,19H2,1-4H3. The van der Waals surface area contributed by atoms with E-state index in [4.69, 9.17) is 0 Å². The lowest BCUT2D eigenvalue weighted by atomic mass is 9.99. The average Bonchev–Trinajstić information content (AvgIpc) is 3.10. The number of rotatable bonds is 5. The highest BCUT2D eigenvalue weighted by molar-refractivity contribution is 5.80. The van der Waals surface area contributed by atoms with Crippen molar-refractivity contribution in [3.8, 4) is 11.1 Å². The number of carbonyl (C=O) groups excluding carboxylic acids is 2. The number of likely N-dealkylation sites (tertiary alicyclic amines) is 1. The molecule has 2 aromatic heterocycles. The highest BCUT2D eigenvalue weighted by atomic mass is 16.2. The molecule has 2 amide bonds. The maximum Gasteiger partial charge on any atom is 0.331 e. The number of carbonyl (C=O) groups is 2. The van der Waals surface area contributed by atoms with E-state index >= 15 is 0 Å². The molecule has 0 radical (unpaired) electrons. The van der Waals surface area contributed by atoms with Crippen LogP contribution in [-0.2, 0) is 29.0 Å². The molecule has 0 bridgehead atoms. The van der Waals surface area contributed by atoms with Crippen LogP contribution in [-0.4, -0.2) is 61.4 Å². The molecule has 5 rings (SSSR count). The van der Waals surface area contributed by atoms with Gasteiger partial charge in [0.1, 0.15) is 6.54 Å². The first-order chi connectivity index (χ1) is 19.2. The SMILES string of the molecule is Cc1cccc(-c2cn(CC(=O)N3CCC(N4CCc5ncccc5CC4=O)CC3)c(=O)n(C(C)C)c2=O)c1C. The van der Waals surface area contributed by atoms with E-state index in [1.165, 1.54) is 15.3 Å². The lowest BCUT2D eigenvalue weighted by Gasteiger charge is -2.38. The van der Waals surface area contributed by atoms with E-state index in [1.54, 1.807) is 24.9 Å². The fraction of sp³-hybridized carbons (Fsp3) is 0.452. The Balaban J connectivity index is 1.32. The lowest BCUT2D eigenvalue weighted by molar-refractivity contribution is -0.136. The second kappa shape index (κ2) is 11.2. The van der Waals surface area contributed by atoms with Crippen LogP contribution in [0.1, 0.15) is 55.1 Å². The molecule has 0 saturated carbocycles. The molecule has 0 unspecified atom stereocenters. The van der Waals surface area contributed by atoms with Gasteiger partial charge in [0, 0.05) is 56.2 Å². The first-order valence-corrected chi connectivity index (χ1v) is 14.1. The van der Waals surface area contributed by atoms with E-state index in [-0.39, 0.29) is 36.0 Å². The number of fused-ring (bicyclic) bond motifs is 1. The fourth-order valence-corrected chi connectivity index (χ4v) is 5.95. The predicted octanol–water partition coefficient (Wildman–Crippen LogP) is 2.89. The minimum Gasteiger partial charge on any atom is -0.341 e. The third-order valence-electron chi connectivity index (χ3n) is 8.40. The van der Waals surface area contributed by atoms with Crippen molar-refractivity contribution < 1.29 is 9.59 Å². The van der Waals surface area contributed by atoms with Crippen molar-refractivity contribution in [2.24, 2.45) is 0 Å². The van der Waals surface area contributed by atoms with Crippen molar-refractivity contribution in [3.63, 3.8) is 0 Å². The molecule has 0 N–H and O–H groups in total. The van der Waals surface area contributed by atoms with E-state index in [2.05, 4.69) is 4.98 Å². The molecular weight excluding hydrogens is 506 g/mol. The Morgan fingerprint density at radius 1 is 1.00 bits per heavy atom. The molecular formula is C31H37N5O4. The number of piperidine rings is 1. The van der Waals surface area contributed by atoms with Gasteiger partial charge < -0.3 is 9.80 Å². The van der Waals surface area contributed by atoms with E-state index in [9.17, 15) is 19.2 Å². The Kier molecular flexibility index (Phi) is 7.74. The van der Waals surface area contributed by atoms with Crippen LogP contribution in [0.3, 0.4) is 0 Å². The Bertz CT molecular complexity index is 1560. The molecule has 0 aliphatic carbocycles. The summed E-state index contributed by atoms with van der Waals surface area (Å²) in [5, 5.41) is 0. The first kappa shape index (κ1) is 27.6. The van der Waals surface area contributed by atoms with Gasteiger partial charge in [-0.25, -0.2) is 4.79 Å². The van der Waals surface area contributed by atoms with Gasteiger partial charge in [0.15, 0.2) is 0 Å². The third-order valence-corrected chi connectivity index (χ3v) is 8.40. The van der Waals surface area contributed by atoms with Crippen LogP contribution in [0.2, 0.25) is 0 Å². The Morgan fingerprint density at radius 2 is 1.75 bits per heavy atom. The van der Waals surface area contributed by atoms with E-state index in [0.717, 1.165) is 34.4 Å². The number of benzene rings is 1. The second-order valence-electron chi connectivity index (χ2n) is 11.2. The van der Waals surface area contributed by atoms with Crippen molar-refractivity contribution in [1.29, 1.82) is 0 Å². The van der Waals surface area contributed by atoms with Gasteiger partial charge in [-0.05, 0) is 68.9 Å². The average molecular weight is 544 g/mol. The maximum absolute atomic E-state index is 13.4. The lowest BCUT2D eigenvalue weighted by Crippen LogP contribution is -2.50. The molecule has 0 atom stereocenters. The van der Waals surface area contributed by atoms with Crippen LogP contribution in [0.25, 0.3) is 11.1 Å². The van der Waals surface area contributed by atoms with Crippen LogP contribution in [0.5, 0.6) is 0 Å². The van der Waals surface area contributed by atoms with Crippen LogP contribution >= 0.6 is 0 Å². The van der Waals surface area contributed by atoms with E-state index in [1.807, 2.05) is 49.1 Å². The molecule has 9 nitrogen and oxygen atoms in total. The van der Waals surface area contributed by atoms with Gasteiger partial charge in [-0.15, -0.1) is 0 Å². The highest BCUT2D eigenvalue weighted by Gasteiger charge is 2.32. The number of amides is 2. The zero-order valence-corrected chi connectivity index (χ0v) is 23.7. The summed E-state index contributed by atoms with van der Waals surface area (Å²) in [5.74, 6) is -0.0572. The summed E-state index contributed by atoms with van der Waals surface area (Å²) in [6, 6.07) is 9.33. The topological polar surface area (TPSA) is 97.5 Å². The van der Waals surface area contributed by atoms with Gasteiger partial charge in [-0.1, -0.05) is 24.3 Å². The molecule has 3 aromatic rings. The van der Waals surface area contributed by atoms with Crippen molar-refractivity contribution in [2.75, 3.05) is 19.6 Å². The molecule has 1 fully saturated rings. The van der Waals surface area contributed by atoms with Crippen molar-refractivity contribution in [2.45, 2.75) is 72.0 Å². The van der Waals surface area contributed by atoms with Crippen LogP contribution in [0.4, 0.5) is 0 Å². The van der Waals surface area contributed by atoms with Crippen molar-refractivity contribution in [3.05, 3.63) is 85.9 Å². The minimum absolute atomic E-state index is 0.0762. The van der Waals surface area contributed by atoms with Crippen molar-refractivity contribution in [1.82, 2.24) is 23.9 Å². The third kappa shape index (κ3) is 5.24. The number of aromatic nitrogens is 3. The van der Waals surface area contributed by atoms with E-state index < -0.39 is 5.69 Å². The quantitative estimate of drug-likeness (QED) is 0.493. The Hall–Kier alpha value is -4.01. The van der Waals surface area contributed by atoms with Gasteiger partial charge >= 0.3 is 5.69 Å². The molecule has 40 heavy (non-hydrogen) atoms. The molecule has 0 spiro atoms. The van der Waals surface area contributed by atoms with Gasteiger partial charge in [0.2, 0.25) is 11.8 Å². The number of nitrogens with zero attached hydrogens (tertiary/aromatic N) is 5. The molecule has 1 aromatic carbocycles. The molecule has 210 valence electrons. The summed E-state index contributed by atoms with van der Waals surface area (Å²) in [4.78, 5) is 61.3. The smallest absolute Gasteiger partial charge is 0.331 e. The summed E-state index contributed by atoms with van der Waals surface area (Å²) in [7, 11) is 0. The zero-order chi connectivity index (χ0) is 28.6. The van der Waals surface area contributed by atoms with Crippen LogP contribution < -0.4 is 11.2 Å².